The highest BCUT2D eigenvalue weighted by Crippen LogP contribution is 2.14. The van der Waals surface area contributed by atoms with Crippen LogP contribution in [-0.2, 0) is 22.6 Å². The fraction of sp³-hybridized carbons (Fsp3) is 0.417. The Bertz CT molecular complexity index is 436. The van der Waals surface area contributed by atoms with E-state index in [0.717, 1.165) is 16.6 Å². The Labute approximate surface area is 101 Å². The molecule has 90 valence electrons. The van der Waals surface area contributed by atoms with E-state index in [0.29, 0.717) is 19.7 Å². The normalized spacial score (nSPS) is 13.7. The summed E-state index contributed by atoms with van der Waals surface area (Å²) in [5.41, 5.74) is 2.80. The van der Waals surface area contributed by atoms with Gasteiger partial charge >= 0.3 is 7.12 Å². The third-order valence-electron chi connectivity index (χ3n) is 3.12. The summed E-state index contributed by atoms with van der Waals surface area (Å²) < 4.78 is 5.19. The van der Waals surface area contributed by atoms with Crippen molar-refractivity contribution in [2.75, 3.05) is 6.54 Å². The molecule has 1 aromatic carbocycles. The van der Waals surface area contributed by atoms with Crippen molar-refractivity contribution >= 4 is 18.5 Å². The standard InChI is InChI=1S/C12H16BNO3/c1-3-14(9(2)15)7-10-5-4-6-11-8-17-13(16)12(10)11/h4-6,16H,3,7-8H2,1-2H3. The maximum atomic E-state index is 11.4. The summed E-state index contributed by atoms with van der Waals surface area (Å²) in [5.74, 6) is 0.0403. The predicted molar refractivity (Wildman–Crippen MR) is 65.6 cm³/mol. The molecule has 17 heavy (non-hydrogen) atoms. The minimum atomic E-state index is -0.855. The van der Waals surface area contributed by atoms with Crippen LogP contribution in [0.25, 0.3) is 0 Å². The lowest BCUT2D eigenvalue weighted by atomic mass is 9.76. The zero-order chi connectivity index (χ0) is 12.4. The second-order valence-corrected chi connectivity index (χ2v) is 4.19. The minimum absolute atomic E-state index is 0.0403. The van der Waals surface area contributed by atoms with E-state index in [9.17, 15) is 9.82 Å². The Balaban J connectivity index is 2.28. The van der Waals surface area contributed by atoms with Crippen LogP contribution in [0.2, 0.25) is 0 Å². The van der Waals surface area contributed by atoms with Crippen molar-refractivity contribution in [3.8, 4) is 0 Å². The molecule has 5 heteroatoms. The number of nitrogens with zero attached hydrogens (tertiary/aromatic N) is 1. The predicted octanol–water partition coefficient (Wildman–Crippen LogP) is 0.273. The molecule has 0 atom stereocenters. The molecule has 1 amide bonds. The van der Waals surface area contributed by atoms with Crippen molar-refractivity contribution < 1.29 is 14.5 Å². The number of amides is 1. The summed E-state index contributed by atoms with van der Waals surface area (Å²) in [6.07, 6.45) is 0. The lowest BCUT2D eigenvalue weighted by molar-refractivity contribution is -0.129. The molecule has 0 fully saturated rings. The van der Waals surface area contributed by atoms with Gasteiger partial charge in [0.25, 0.3) is 0 Å². The monoisotopic (exact) mass is 233 g/mol. The lowest BCUT2D eigenvalue weighted by Gasteiger charge is -2.20. The zero-order valence-corrected chi connectivity index (χ0v) is 10.1. The SMILES string of the molecule is CCN(Cc1cccc2c1B(O)OC2)C(C)=O. The van der Waals surface area contributed by atoms with Crippen LogP contribution in [0, 0.1) is 0 Å². The molecule has 0 saturated heterocycles. The summed E-state index contributed by atoms with van der Waals surface area (Å²) in [6.45, 7) is 5.12. The Morgan fingerprint density at radius 3 is 3.00 bits per heavy atom. The Morgan fingerprint density at radius 2 is 2.35 bits per heavy atom. The topological polar surface area (TPSA) is 49.8 Å². The van der Waals surface area contributed by atoms with Crippen LogP contribution in [0.1, 0.15) is 25.0 Å². The molecule has 0 aromatic heterocycles. The van der Waals surface area contributed by atoms with E-state index in [4.69, 9.17) is 4.65 Å². The van der Waals surface area contributed by atoms with Crippen molar-refractivity contribution in [1.82, 2.24) is 4.90 Å². The maximum absolute atomic E-state index is 11.4. The molecular weight excluding hydrogens is 217 g/mol. The zero-order valence-electron chi connectivity index (χ0n) is 10.1. The van der Waals surface area contributed by atoms with Gasteiger partial charge in [-0.3, -0.25) is 4.79 Å². The minimum Gasteiger partial charge on any atom is -0.423 e. The number of hydrogen-bond donors (Lipinski definition) is 1. The van der Waals surface area contributed by atoms with Crippen molar-refractivity contribution in [2.45, 2.75) is 27.0 Å². The van der Waals surface area contributed by atoms with Gasteiger partial charge in [0.1, 0.15) is 0 Å². The van der Waals surface area contributed by atoms with Crippen LogP contribution in [0.3, 0.4) is 0 Å². The van der Waals surface area contributed by atoms with Gasteiger partial charge in [-0.1, -0.05) is 18.2 Å². The average Bonchev–Trinajstić information content (AvgIpc) is 2.68. The smallest absolute Gasteiger partial charge is 0.423 e. The van der Waals surface area contributed by atoms with Gasteiger partial charge < -0.3 is 14.6 Å². The second kappa shape index (κ2) is 4.90. The van der Waals surface area contributed by atoms with E-state index in [1.165, 1.54) is 0 Å². The van der Waals surface area contributed by atoms with Crippen molar-refractivity contribution in [3.63, 3.8) is 0 Å². The van der Waals surface area contributed by atoms with Crippen LogP contribution >= 0.6 is 0 Å². The Kier molecular flexibility index (Phi) is 3.50. The number of carbonyl (C=O) groups is 1. The molecule has 1 aromatic rings. The molecule has 0 spiro atoms. The van der Waals surface area contributed by atoms with Crippen molar-refractivity contribution in [1.29, 1.82) is 0 Å². The molecule has 1 heterocycles. The van der Waals surface area contributed by atoms with Gasteiger partial charge in [-0.25, -0.2) is 0 Å². The van der Waals surface area contributed by atoms with E-state index < -0.39 is 7.12 Å². The van der Waals surface area contributed by atoms with Crippen LogP contribution in [-0.4, -0.2) is 29.5 Å². The fourth-order valence-corrected chi connectivity index (χ4v) is 2.15. The largest absolute Gasteiger partial charge is 0.492 e. The Hall–Kier alpha value is -1.33. The van der Waals surface area contributed by atoms with E-state index in [1.807, 2.05) is 25.1 Å². The Morgan fingerprint density at radius 1 is 1.59 bits per heavy atom. The van der Waals surface area contributed by atoms with E-state index in [1.54, 1.807) is 11.8 Å². The number of rotatable bonds is 3. The van der Waals surface area contributed by atoms with Gasteiger partial charge in [-0.15, -0.1) is 0 Å². The van der Waals surface area contributed by atoms with Crippen LogP contribution in [0.5, 0.6) is 0 Å². The molecule has 0 unspecified atom stereocenters. The van der Waals surface area contributed by atoms with E-state index >= 15 is 0 Å². The van der Waals surface area contributed by atoms with Gasteiger partial charge in [-0.2, -0.15) is 0 Å². The van der Waals surface area contributed by atoms with Gasteiger partial charge in [0.05, 0.1) is 6.61 Å². The van der Waals surface area contributed by atoms with E-state index in [2.05, 4.69) is 0 Å². The quantitative estimate of drug-likeness (QED) is 0.762. The highest BCUT2D eigenvalue weighted by Gasteiger charge is 2.30. The number of hydrogen-bond acceptors (Lipinski definition) is 3. The summed E-state index contributed by atoms with van der Waals surface area (Å²) in [4.78, 5) is 13.1. The van der Waals surface area contributed by atoms with Crippen molar-refractivity contribution in [3.05, 3.63) is 29.3 Å². The summed E-state index contributed by atoms with van der Waals surface area (Å²) >= 11 is 0. The van der Waals surface area contributed by atoms with Gasteiger partial charge in [0, 0.05) is 20.0 Å². The maximum Gasteiger partial charge on any atom is 0.492 e. The van der Waals surface area contributed by atoms with Crippen molar-refractivity contribution in [2.24, 2.45) is 0 Å². The molecule has 0 radical (unpaired) electrons. The first kappa shape index (κ1) is 12.1. The fourth-order valence-electron chi connectivity index (χ4n) is 2.15. The summed E-state index contributed by atoms with van der Waals surface area (Å²) in [5, 5.41) is 9.76. The van der Waals surface area contributed by atoms with E-state index in [-0.39, 0.29) is 5.91 Å². The first-order valence-corrected chi connectivity index (χ1v) is 5.79. The third kappa shape index (κ3) is 2.35. The molecule has 0 aliphatic carbocycles. The van der Waals surface area contributed by atoms with Crippen LogP contribution in [0.15, 0.2) is 18.2 Å². The second-order valence-electron chi connectivity index (χ2n) is 4.19. The summed E-state index contributed by atoms with van der Waals surface area (Å²) in [7, 11) is -0.855. The first-order valence-electron chi connectivity index (χ1n) is 5.79. The van der Waals surface area contributed by atoms with Gasteiger partial charge in [-0.05, 0) is 23.5 Å². The lowest BCUT2D eigenvalue weighted by Crippen LogP contribution is -2.36. The molecule has 2 rings (SSSR count). The number of benzene rings is 1. The van der Waals surface area contributed by atoms with Gasteiger partial charge in [0.15, 0.2) is 0 Å². The molecule has 4 nitrogen and oxygen atoms in total. The van der Waals surface area contributed by atoms with Gasteiger partial charge in [0.2, 0.25) is 5.91 Å². The third-order valence-corrected chi connectivity index (χ3v) is 3.12. The number of fused-ring (bicyclic) bond motifs is 1. The van der Waals surface area contributed by atoms with Crippen LogP contribution < -0.4 is 5.46 Å². The first-order chi connectivity index (χ1) is 8.13. The molecular formula is C12H16BNO3. The highest BCUT2D eigenvalue weighted by atomic mass is 16.5. The summed E-state index contributed by atoms with van der Waals surface area (Å²) in [6, 6.07) is 5.81. The molecule has 0 saturated carbocycles. The average molecular weight is 233 g/mol. The highest BCUT2D eigenvalue weighted by molar-refractivity contribution is 6.62. The number of carbonyl (C=O) groups excluding carboxylic acids is 1. The van der Waals surface area contributed by atoms with Crippen LogP contribution in [0.4, 0.5) is 0 Å². The molecule has 1 N–H and O–H groups in total. The molecule has 0 bridgehead atoms. The molecule has 1 aliphatic rings. The molecule has 1 aliphatic heterocycles.